The summed E-state index contributed by atoms with van der Waals surface area (Å²) in [6.45, 7) is -3.43. The van der Waals surface area contributed by atoms with E-state index >= 15 is 0 Å². The first-order valence-corrected chi connectivity index (χ1v) is 9.27. The molecule has 1 saturated heterocycles. The van der Waals surface area contributed by atoms with Crippen molar-refractivity contribution in [1.82, 2.24) is 0 Å². The van der Waals surface area contributed by atoms with Crippen molar-refractivity contribution < 1.29 is 38.7 Å². The van der Waals surface area contributed by atoms with Crippen LogP contribution in [0.3, 0.4) is 0 Å². The number of rotatable bonds is 6. The molecule has 0 unspecified atom stereocenters. The van der Waals surface area contributed by atoms with Crippen molar-refractivity contribution in [2.24, 2.45) is 0 Å². The molecule has 1 aliphatic rings. The van der Waals surface area contributed by atoms with Crippen LogP contribution < -0.4 is 4.74 Å². The summed E-state index contributed by atoms with van der Waals surface area (Å²) in [5, 5.41) is 39.8. The Labute approximate surface area is 172 Å². The fourth-order valence-corrected chi connectivity index (χ4v) is 3.47. The van der Waals surface area contributed by atoms with Gasteiger partial charge in [0.1, 0.15) is 36.3 Å². The van der Waals surface area contributed by atoms with E-state index in [1.54, 1.807) is 30.3 Å². The molecule has 1 fully saturated rings. The fraction of sp³-hybridized carbons (Fsp3) is 0.364. The van der Waals surface area contributed by atoms with E-state index in [1.807, 2.05) is 0 Å². The number of benzene rings is 2. The first-order chi connectivity index (χ1) is 14.3. The standard InChI is InChI=1S/C22H22F2O6/c1-2-12-7-14(8-13-3-5-16(6-4-13)29-22(23)24)10-15(9-12)21-20(28)19(27)18(26)17(11-25)30-21/h1,3-7,9-10,17-22,25-28H,8,11H2/t17-,18-,19+,20-,21+/m1/s1. The topological polar surface area (TPSA) is 99.4 Å². The van der Waals surface area contributed by atoms with Crippen LogP contribution in [0.2, 0.25) is 0 Å². The molecule has 3 rings (SSSR count). The number of terminal acetylenes is 1. The van der Waals surface area contributed by atoms with E-state index in [9.17, 15) is 29.2 Å². The molecule has 0 aliphatic carbocycles. The molecule has 30 heavy (non-hydrogen) atoms. The lowest BCUT2D eigenvalue weighted by Gasteiger charge is -2.40. The fourth-order valence-electron chi connectivity index (χ4n) is 3.47. The molecule has 8 heteroatoms. The lowest BCUT2D eigenvalue weighted by Crippen LogP contribution is -2.55. The SMILES string of the molecule is C#Cc1cc(Cc2ccc(OC(F)F)cc2)cc([C@@H]2O[C@H](CO)[C@@H](O)[C@H](O)[C@H]2O)c1. The molecule has 2 aromatic rings. The number of aliphatic hydroxyl groups excluding tert-OH is 4. The number of halogens is 2. The minimum absolute atomic E-state index is 0.0492. The minimum atomic E-state index is -2.90. The molecule has 0 spiro atoms. The van der Waals surface area contributed by atoms with Gasteiger partial charge in [0.25, 0.3) is 0 Å². The highest BCUT2D eigenvalue weighted by Crippen LogP contribution is 2.33. The van der Waals surface area contributed by atoms with Gasteiger partial charge in [0, 0.05) is 5.56 Å². The number of aliphatic hydroxyl groups is 4. The van der Waals surface area contributed by atoms with E-state index in [0.717, 1.165) is 11.1 Å². The molecule has 0 aromatic heterocycles. The molecule has 0 amide bonds. The number of hydrogen-bond acceptors (Lipinski definition) is 6. The Morgan fingerprint density at radius 3 is 2.30 bits per heavy atom. The molecule has 0 bridgehead atoms. The summed E-state index contributed by atoms with van der Waals surface area (Å²) in [6.07, 6.45) is -0.457. The summed E-state index contributed by atoms with van der Waals surface area (Å²) in [5.41, 5.74) is 2.57. The maximum atomic E-state index is 12.3. The smallest absolute Gasteiger partial charge is 0.387 e. The van der Waals surface area contributed by atoms with Crippen molar-refractivity contribution in [2.75, 3.05) is 6.61 Å². The third kappa shape index (κ3) is 4.95. The van der Waals surface area contributed by atoms with Crippen LogP contribution in [0, 0.1) is 12.3 Å². The van der Waals surface area contributed by atoms with Crippen molar-refractivity contribution >= 4 is 0 Å². The molecular weight excluding hydrogens is 398 g/mol. The summed E-state index contributed by atoms with van der Waals surface area (Å²) in [6, 6.07) is 11.3. The van der Waals surface area contributed by atoms with Gasteiger partial charge in [0.15, 0.2) is 0 Å². The average Bonchev–Trinajstić information content (AvgIpc) is 2.73. The molecule has 160 valence electrons. The largest absolute Gasteiger partial charge is 0.435 e. The second-order valence-electron chi connectivity index (χ2n) is 7.06. The summed E-state index contributed by atoms with van der Waals surface area (Å²) in [5.74, 6) is 2.57. The molecule has 6 nitrogen and oxygen atoms in total. The highest BCUT2D eigenvalue weighted by molar-refractivity contribution is 5.43. The summed E-state index contributed by atoms with van der Waals surface area (Å²) < 4.78 is 34.5. The first kappa shape index (κ1) is 22.2. The van der Waals surface area contributed by atoms with Gasteiger partial charge in [-0.05, 0) is 47.4 Å². The van der Waals surface area contributed by atoms with Gasteiger partial charge in [-0.15, -0.1) is 6.42 Å². The van der Waals surface area contributed by atoms with Gasteiger partial charge < -0.3 is 29.9 Å². The van der Waals surface area contributed by atoms with Gasteiger partial charge in [-0.3, -0.25) is 0 Å². The Morgan fingerprint density at radius 1 is 1.00 bits per heavy atom. The van der Waals surface area contributed by atoms with Gasteiger partial charge >= 0.3 is 6.61 Å². The Bertz CT molecular complexity index is 893. The van der Waals surface area contributed by atoms with Crippen LogP contribution >= 0.6 is 0 Å². The number of ether oxygens (including phenoxy) is 2. The third-order valence-electron chi connectivity index (χ3n) is 4.96. The van der Waals surface area contributed by atoms with Crippen LogP contribution in [0.15, 0.2) is 42.5 Å². The lowest BCUT2D eigenvalue weighted by atomic mass is 9.89. The quantitative estimate of drug-likeness (QED) is 0.527. The summed E-state index contributed by atoms with van der Waals surface area (Å²) in [7, 11) is 0. The molecule has 0 radical (unpaired) electrons. The average molecular weight is 420 g/mol. The zero-order valence-corrected chi connectivity index (χ0v) is 15.9. The predicted molar refractivity (Wildman–Crippen MR) is 103 cm³/mol. The Balaban J connectivity index is 1.86. The second kappa shape index (κ2) is 9.51. The van der Waals surface area contributed by atoms with E-state index in [1.165, 1.54) is 12.1 Å². The van der Waals surface area contributed by atoms with E-state index in [0.29, 0.717) is 17.5 Å². The van der Waals surface area contributed by atoms with Gasteiger partial charge in [0.2, 0.25) is 0 Å². The van der Waals surface area contributed by atoms with Crippen LogP contribution in [-0.4, -0.2) is 58.1 Å². The molecule has 0 saturated carbocycles. The zero-order chi connectivity index (χ0) is 21.8. The van der Waals surface area contributed by atoms with Crippen LogP contribution in [-0.2, 0) is 11.2 Å². The molecule has 1 aliphatic heterocycles. The minimum Gasteiger partial charge on any atom is -0.435 e. The van der Waals surface area contributed by atoms with Gasteiger partial charge in [-0.2, -0.15) is 8.78 Å². The molecule has 4 N–H and O–H groups in total. The Hall–Kier alpha value is -2.54. The van der Waals surface area contributed by atoms with Crippen molar-refractivity contribution in [3.63, 3.8) is 0 Å². The maximum absolute atomic E-state index is 12.3. The first-order valence-electron chi connectivity index (χ1n) is 9.27. The van der Waals surface area contributed by atoms with Gasteiger partial charge in [-0.25, -0.2) is 0 Å². The van der Waals surface area contributed by atoms with Crippen molar-refractivity contribution in [3.8, 4) is 18.1 Å². The van der Waals surface area contributed by atoms with Gasteiger partial charge in [-0.1, -0.05) is 24.1 Å². The monoisotopic (exact) mass is 420 g/mol. The molecular formula is C22H22F2O6. The Morgan fingerprint density at radius 2 is 1.70 bits per heavy atom. The molecule has 5 atom stereocenters. The molecule has 1 heterocycles. The van der Waals surface area contributed by atoms with E-state index in [4.69, 9.17) is 11.2 Å². The molecule has 2 aromatic carbocycles. The summed E-state index contributed by atoms with van der Waals surface area (Å²) in [4.78, 5) is 0. The number of alkyl halides is 2. The van der Waals surface area contributed by atoms with E-state index < -0.39 is 43.7 Å². The van der Waals surface area contributed by atoms with Gasteiger partial charge in [0.05, 0.1) is 6.61 Å². The van der Waals surface area contributed by atoms with Crippen molar-refractivity contribution in [3.05, 3.63) is 64.7 Å². The third-order valence-corrected chi connectivity index (χ3v) is 4.96. The highest BCUT2D eigenvalue weighted by atomic mass is 19.3. The van der Waals surface area contributed by atoms with Crippen molar-refractivity contribution in [1.29, 1.82) is 0 Å². The second-order valence-corrected chi connectivity index (χ2v) is 7.06. The number of hydrogen-bond donors (Lipinski definition) is 4. The van der Waals surface area contributed by atoms with E-state index in [-0.39, 0.29) is 5.75 Å². The maximum Gasteiger partial charge on any atom is 0.387 e. The highest BCUT2D eigenvalue weighted by Gasteiger charge is 2.44. The van der Waals surface area contributed by atoms with E-state index in [2.05, 4.69) is 10.7 Å². The van der Waals surface area contributed by atoms with Crippen LogP contribution in [0.1, 0.15) is 28.4 Å². The van der Waals surface area contributed by atoms with Crippen LogP contribution in [0.5, 0.6) is 5.75 Å². The summed E-state index contributed by atoms with van der Waals surface area (Å²) >= 11 is 0. The lowest BCUT2D eigenvalue weighted by molar-refractivity contribution is -0.231. The normalized spacial score (nSPS) is 26.4. The van der Waals surface area contributed by atoms with Crippen LogP contribution in [0.4, 0.5) is 8.78 Å². The van der Waals surface area contributed by atoms with Crippen LogP contribution in [0.25, 0.3) is 0 Å². The van der Waals surface area contributed by atoms with Crippen molar-refractivity contribution in [2.45, 2.75) is 43.6 Å². The zero-order valence-electron chi connectivity index (χ0n) is 15.9. The predicted octanol–water partition coefficient (Wildman–Crippen LogP) is 1.37. The Kier molecular flexibility index (Phi) is 7.02.